The number of rotatable bonds is 5. The second-order valence-electron chi connectivity index (χ2n) is 5.86. The molecule has 6 heteroatoms. The summed E-state index contributed by atoms with van der Waals surface area (Å²) in [6, 6.07) is 10.8. The van der Waals surface area contributed by atoms with Crippen molar-refractivity contribution in [2.45, 2.75) is 25.5 Å². The maximum atomic E-state index is 13.4. The Morgan fingerprint density at radius 2 is 2.21 bits per heavy atom. The van der Waals surface area contributed by atoms with Gasteiger partial charge in [-0.1, -0.05) is 12.1 Å². The summed E-state index contributed by atoms with van der Waals surface area (Å²) in [7, 11) is 0. The number of carbonyl (C=O) groups is 1. The molecule has 126 valence electrons. The number of pyridine rings is 1. The highest BCUT2D eigenvalue weighted by molar-refractivity contribution is 5.90. The summed E-state index contributed by atoms with van der Waals surface area (Å²) in [5.41, 5.74) is 0.724. The fourth-order valence-electron chi connectivity index (χ4n) is 2.86. The molecular weight excluding hydrogens is 311 g/mol. The molecule has 3 rings (SSSR count). The van der Waals surface area contributed by atoms with Crippen molar-refractivity contribution in [1.29, 1.82) is 0 Å². The van der Waals surface area contributed by atoms with Crippen LogP contribution in [-0.4, -0.2) is 30.1 Å². The minimum absolute atomic E-state index is 0.0481. The van der Waals surface area contributed by atoms with E-state index in [-0.39, 0.29) is 30.1 Å². The molecule has 0 N–H and O–H groups in total. The number of hydrogen-bond donors (Lipinski definition) is 0. The molecule has 0 saturated carbocycles. The summed E-state index contributed by atoms with van der Waals surface area (Å²) >= 11 is 0. The monoisotopic (exact) mass is 330 g/mol. The Morgan fingerprint density at radius 1 is 1.33 bits per heavy atom. The van der Waals surface area contributed by atoms with Crippen LogP contribution in [0.5, 0.6) is 0 Å². The highest BCUT2D eigenvalue weighted by Crippen LogP contribution is 2.17. The first-order valence-corrected chi connectivity index (χ1v) is 7.97. The Hall–Kier alpha value is -2.47. The third-order valence-electron chi connectivity index (χ3n) is 4.04. The van der Waals surface area contributed by atoms with E-state index in [1.807, 2.05) is 0 Å². The number of halogens is 1. The molecule has 0 bridgehead atoms. The van der Waals surface area contributed by atoms with Crippen molar-refractivity contribution in [1.82, 2.24) is 4.90 Å². The van der Waals surface area contributed by atoms with Crippen LogP contribution in [0, 0.1) is 11.0 Å². The van der Waals surface area contributed by atoms with E-state index in [0.29, 0.717) is 23.4 Å². The van der Waals surface area contributed by atoms with Crippen LogP contribution < -0.4 is 4.73 Å². The van der Waals surface area contributed by atoms with Gasteiger partial charge in [0.05, 0.1) is 6.10 Å². The molecule has 1 aliphatic heterocycles. The van der Waals surface area contributed by atoms with Crippen LogP contribution in [0.3, 0.4) is 0 Å². The number of benzene rings is 1. The van der Waals surface area contributed by atoms with Crippen molar-refractivity contribution in [3.8, 4) is 0 Å². The lowest BCUT2D eigenvalue weighted by Gasteiger charge is -2.25. The van der Waals surface area contributed by atoms with Gasteiger partial charge in [0.15, 0.2) is 6.20 Å². The van der Waals surface area contributed by atoms with Gasteiger partial charge >= 0.3 is 5.91 Å². The van der Waals surface area contributed by atoms with E-state index >= 15 is 0 Å². The molecule has 1 atom stereocenters. The molecule has 1 saturated heterocycles. The lowest BCUT2D eigenvalue weighted by molar-refractivity contribution is -0.608. The Kier molecular flexibility index (Phi) is 5.05. The molecule has 1 aliphatic rings. The molecule has 0 spiro atoms. The Bertz CT molecular complexity index is 717. The molecule has 5 nitrogen and oxygen atoms in total. The van der Waals surface area contributed by atoms with Gasteiger partial charge in [0.1, 0.15) is 5.82 Å². The second kappa shape index (κ2) is 7.40. The minimum Gasteiger partial charge on any atom is -0.618 e. The first-order chi connectivity index (χ1) is 11.6. The van der Waals surface area contributed by atoms with Gasteiger partial charge in [-0.15, -0.1) is 0 Å². The molecule has 1 fully saturated rings. The van der Waals surface area contributed by atoms with E-state index in [9.17, 15) is 14.4 Å². The highest BCUT2D eigenvalue weighted by atomic mass is 19.1. The zero-order chi connectivity index (χ0) is 16.9. The van der Waals surface area contributed by atoms with Gasteiger partial charge in [0, 0.05) is 31.8 Å². The van der Waals surface area contributed by atoms with Crippen molar-refractivity contribution < 1.29 is 18.7 Å². The quantitative estimate of drug-likeness (QED) is 0.624. The lowest BCUT2D eigenvalue weighted by atomic mass is 10.1. The molecule has 1 aromatic heterocycles. The number of aromatic nitrogens is 1. The SMILES string of the molecule is O=C(c1cccc[n+]1[O-])N(Cc1cccc(F)c1)C[C@@H]1CCCO1. The van der Waals surface area contributed by atoms with Crippen LogP contribution >= 0.6 is 0 Å². The van der Waals surface area contributed by atoms with E-state index in [0.717, 1.165) is 12.8 Å². The molecule has 1 aromatic carbocycles. The maximum absolute atomic E-state index is 13.4. The molecule has 2 aromatic rings. The number of ether oxygens (including phenoxy) is 1. The van der Waals surface area contributed by atoms with Crippen LogP contribution in [0.2, 0.25) is 0 Å². The van der Waals surface area contributed by atoms with Crippen LogP contribution in [0.15, 0.2) is 48.7 Å². The first kappa shape index (κ1) is 16.4. The van der Waals surface area contributed by atoms with E-state index in [4.69, 9.17) is 4.74 Å². The summed E-state index contributed by atoms with van der Waals surface area (Å²) in [6.45, 7) is 1.29. The number of carbonyl (C=O) groups excluding carboxylic acids is 1. The lowest BCUT2D eigenvalue weighted by Crippen LogP contribution is -2.43. The molecule has 24 heavy (non-hydrogen) atoms. The van der Waals surface area contributed by atoms with Crippen molar-refractivity contribution >= 4 is 5.91 Å². The largest absolute Gasteiger partial charge is 0.618 e. The van der Waals surface area contributed by atoms with Gasteiger partial charge < -0.3 is 14.8 Å². The third-order valence-corrected chi connectivity index (χ3v) is 4.04. The maximum Gasteiger partial charge on any atom is 0.320 e. The van der Waals surface area contributed by atoms with Gasteiger partial charge in [-0.2, -0.15) is 4.73 Å². The Balaban J connectivity index is 1.83. The predicted molar refractivity (Wildman–Crippen MR) is 85.5 cm³/mol. The number of nitrogens with zero attached hydrogens (tertiary/aromatic N) is 2. The summed E-state index contributed by atoms with van der Waals surface area (Å²) < 4.78 is 19.6. The average Bonchev–Trinajstić information content (AvgIpc) is 3.07. The van der Waals surface area contributed by atoms with Gasteiger partial charge in [-0.05, 0) is 36.6 Å². The van der Waals surface area contributed by atoms with Crippen LogP contribution in [0.1, 0.15) is 28.9 Å². The van der Waals surface area contributed by atoms with Crippen molar-refractivity contribution in [2.75, 3.05) is 13.2 Å². The first-order valence-electron chi connectivity index (χ1n) is 7.97. The second-order valence-corrected chi connectivity index (χ2v) is 5.86. The molecule has 2 heterocycles. The van der Waals surface area contributed by atoms with E-state index < -0.39 is 0 Å². The number of hydrogen-bond acceptors (Lipinski definition) is 3. The van der Waals surface area contributed by atoms with Gasteiger partial charge in [0.2, 0.25) is 0 Å². The molecular formula is C18H19FN2O3. The van der Waals surface area contributed by atoms with E-state index in [2.05, 4.69) is 0 Å². The fraction of sp³-hybridized carbons (Fsp3) is 0.333. The van der Waals surface area contributed by atoms with Crippen LogP contribution in [0.25, 0.3) is 0 Å². The van der Waals surface area contributed by atoms with Crippen molar-refractivity contribution in [2.24, 2.45) is 0 Å². The standard InChI is InChI=1S/C18H19FN2O3/c19-15-6-3-5-14(11-15)12-20(13-16-7-4-10-24-16)18(22)17-8-1-2-9-21(17)23/h1-3,5-6,8-9,11,16H,4,7,10,12-13H2/t16-/m0/s1. The molecule has 0 aliphatic carbocycles. The number of amides is 1. The summed E-state index contributed by atoms with van der Waals surface area (Å²) in [5, 5.41) is 11.9. The normalized spacial score (nSPS) is 17.0. The van der Waals surface area contributed by atoms with Gasteiger partial charge in [-0.3, -0.25) is 4.79 Å². The average molecular weight is 330 g/mol. The summed E-state index contributed by atoms with van der Waals surface area (Å²) in [4.78, 5) is 14.3. The topological polar surface area (TPSA) is 56.5 Å². The Morgan fingerprint density at radius 3 is 2.92 bits per heavy atom. The van der Waals surface area contributed by atoms with Crippen LogP contribution in [-0.2, 0) is 11.3 Å². The van der Waals surface area contributed by atoms with E-state index in [1.165, 1.54) is 24.4 Å². The molecule has 1 amide bonds. The highest BCUT2D eigenvalue weighted by Gasteiger charge is 2.27. The van der Waals surface area contributed by atoms with Crippen molar-refractivity contribution in [3.05, 3.63) is 70.9 Å². The molecule has 0 unspecified atom stereocenters. The van der Waals surface area contributed by atoms with Crippen molar-refractivity contribution in [3.63, 3.8) is 0 Å². The smallest absolute Gasteiger partial charge is 0.320 e. The zero-order valence-electron chi connectivity index (χ0n) is 13.2. The minimum atomic E-state index is -0.384. The third kappa shape index (κ3) is 3.89. The van der Waals surface area contributed by atoms with Crippen LogP contribution in [0.4, 0.5) is 4.39 Å². The van der Waals surface area contributed by atoms with Gasteiger partial charge in [-0.25, -0.2) is 4.39 Å². The molecule has 0 radical (unpaired) electrons. The summed E-state index contributed by atoms with van der Waals surface area (Å²) in [5.74, 6) is -0.735. The zero-order valence-corrected chi connectivity index (χ0v) is 13.2. The van der Waals surface area contributed by atoms with E-state index in [1.54, 1.807) is 29.2 Å². The Labute approximate surface area is 139 Å². The summed E-state index contributed by atoms with van der Waals surface area (Å²) in [6.07, 6.45) is 3.07. The predicted octanol–water partition coefficient (Wildman–Crippen LogP) is 2.28. The van der Waals surface area contributed by atoms with Gasteiger partial charge in [0.25, 0.3) is 5.69 Å². The fourth-order valence-corrected chi connectivity index (χ4v) is 2.86.